The smallest absolute Gasteiger partial charge is 0.462 e. The van der Waals surface area contributed by atoms with E-state index in [1.807, 2.05) is 0 Å². The molecule has 0 fully saturated rings. The largest absolute Gasteiger partial charge is 0.472 e. The van der Waals surface area contributed by atoms with Gasteiger partial charge in [-0.25, -0.2) is 9.13 Å². The third-order valence-electron chi connectivity index (χ3n) is 14.8. The summed E-state index contributed by atoms with van der Waals surface area (Å²) in [6, 6.07) is 0. The molecule has 0 rings (SSSR count). The molecule has 0 spiro atoms. The van der Waals surface area contributed by atoms with Crippen LogP contribution < -0.4 is 0 Å². The quantitative estimate of drug-likeness (QED) is 0.0222. The van der Waals surface area contributed by atoms with Crippen LogP contribution in [-0.4, -0.2) is 96.7 Å². The highest BCUT2D eigenvalue weighted by molar-refractivity contribution is 7.47. The van der Waals surface area contributed by atoms with Crippen LogP contribution in [0.3, 0.4) is 0 Å². The normalized spacial score (nSPS) is 14.7. The van der Waals surface area contributed by atoms with Crippen molar-refractivity contribution in [1.82, 2.24) is 0 Å². The number of aliphatic hydroxyl groups excluding tert-OH is 1. The SMILES string of the molecule is CCCCCCCCCCCCCC(=O)OC[C@H](COP(=O)(O)OC[C@@H](O)COP(=O)(O)OC[C@@H](COC(=O)CCCCCCC)OC(=O)CCCCCCCCC(C)CC)OC(=O)CCCCCCCCCCCCCCCC(C)C. The van der Waals surface area contributed by atoms with Crippen LogP contribution in [0.5, 0.6) is 0 Å². The minimum atomic E-state index is -4.94. The highest BCUT2D eigenvalue weighted by Crippen LogP contribution is 2.45. The van der Waals surface area contributed by atoms with Crippen molar-refractivity contribution in [3.05, 3.63) is 0 Å². The van der Waals surface area contributed by atoms with Crippen molar-refractivity contribution in [3.63, 3.8) is 0 Å². The van der Waals surface area contributed by atoms with Crippen molar-refractivity contribution in [2.45, 2.75) is 330 Å². The summed E-state index contributed by atoms with van der Waals surface area (Å²) in [5, 5.41) is 10.5. The molecule has 17 nitrogen and oxygen atoms in total. The molecule has 82 heavy (non-hydrogen) atoms. The molecular formula is C63H122O17P2. The molecule has 0 aliphatic carbocycles. The second-order valence-electron chi connectivity index (χ2n) is 23.5. The molecule has 0 aromatic rings. The van der Waals surface area contributed by atoms with E-state index in [4.69, 9.17) is 37.0 Å². The average Bonchev–Trinajstić information content (AvgIpc) is 3.45. The van der Waals surface area contributed by atoms with E-state index in [0.29, 0.717) is 25.7 Å². The molecule has 0 saturated heterocycles. The van der Waals surface area contributed by atoms with Crippen LogP contribution in [0.2, 0.25) is 0 Å². The van der Waals surface area contributed by atoms with Crippen LogP contribution in [0.1, 0.15) is 311 Å². The maximum absolute atomic E-state index is 13.0. The molecular weight excluding hydrogens is 1090 g/mol. The Labute approximate surface area is 498 Å². The molecule has 3 unspecified atom stereocenters. The number of unbranched alkanes of at least 4 members (excludes halogenated alkanes) is 31. The molecule has 0 aromatic heterocycles. The van der Waals surface area contributed by atoms with Crippen LogP contribution in [-0.2, 0) is 65.4 Å². The number of phosphoric ester groups is 2. The molecule has 0 radical (unpaired) electrons. The van der Waals surface area contributed by atoms with Crippen LogP contribution in [0.25, 0.3) is 0 Å². The Balaban J connectivity index is 5.17. The number of esters is 4. The predicted molar refractivity (Wildman–Crippen MR) is 326 cm³/mol. The topological polar surface area (TPSA) is 237 Å². The number of hydrogen-bond acceptors (Lipinski definition) is 15. The number of ether oxygens (including phenoxy) is 4. The highest BCUT2D eigenvalue weighted by Gasteiger charge is 2.30. The van der Waals surface area contributed by atoms with Gasteiger partial charge in [-0.15, -0.1) is 0 Å². The molecule has 0 saturated carbocycles. The van der Waals surface area contributed by atoms with Gasteiger partial charge in [0.1, 0.15) is 19.3 Å². The lowest BCUT2D eigenvalue weighted by molar-refractivity contribution is -0.161. The van der Waals surface area contributed by atoms with Crippen LogP contribution in [0.4, 0.5) is 0 Å². The summed E-state index contributed by atoms with van der Waals surface area (Å²) in [5.41, 5.74) is 0. The fourth-order valence-corrected chi connectivity index (χ4v) is 10.9. The Kier molecular flexibility index (Phi) is 54.3. The Bertz CT molecular complexity index is 1620. The van der Waals surface area contributed by atoms with E-state index in [9.17, 15) is 43.2 Å². The average molecular weight is 1210 g/mol. The Morgan fingerprint density at radius 2 is 0.622 bits per heavy atom. The van der Waals surface area contributed by atoms with Crippen molar-refractivity contribution in [3.8, 4) is 0 Å². The van der Waals surface area contributed by atoms with Gasteiger partial charge < -0.3 is 33.8 Å². The zero-order chi connectivity index (χ0) is 60.8. The minimum absolute atomic E-state index is 0.102. The standard InChI is InChI=1S/C63H122O17P2/c1-7-10-12-14-15-16-20-24-27-34-40-46-61(66)74-52-59(79-62(67)47-41-35-28-25-22-19-17-18-21-23-26-32-37-43-55(4)5)54-78-82(71,72)76-50-57(64)49-75-81(69,70)77-53-58(51-73-60(65)45-39-31-13-11-8-2)80-63(68)48-42-36-30-29-33-38-44-56(6)9-3/h55-59,64H,7-54H2,1-6H3,(H,69,70)(H,71,72)/t56?,57-,58+,59+/m0/s1. The molecule has 19 heteroatoms. The predicted octanol–water partition coefficient (Wildman–Crippen LogP) is 17.3. The maximum Gasteiger partial charge on any atom is 0.472 e. The lowest BCUT2D eigenvalue weighted by Gasteiger charge is -2.21. The van der Waals surface area contributed by atoms with Crippen molar-refractivity contribution in [2.75, 3.05) is 39.6 Å². The number of carbonyl (C=O) groups is 4. The van der Waals surface area contributed by atoms with E-state index in [1.165, 1.54) is 122 Å². The molecule has 0 bridgehead atoms. The van der Waals surface area contributed by atoms with Crippen molar-refractivity contribution < 1.29 is 80.2 Å². The second-order valence-corrected chi connectivity index (χ2v) is 26.4. The molecule has 6 atom stereocenters. The van der Waals surface area contributed by atoms with Gasteiger partial charge in [0.15, 0.2) is 12.2 Å². The van der Waals surface area contributed by atoms with Gasteiger partial charge >= 0.3 is 39.5 Å². The van der Waals surface area contributed by atoms with Crippen molar-refractivity contribution >= 4 is 39.5 Å². The number of aliphatic hydroxyl groups is 1. The van der Waals surface area contributed by atoms with Crippen LogP contribution in [0.15, 0.2) is 0 Å². The first-order valence-corrected chi connectivity index (χ1v) is 36.0. The van der Waals surface area contributed by atoms with E-state index in [2.05, 4.69) is 41.5 Å². The second kappa shape index (κ2) is 55.6. The third kappa shape index (κ3) is 55.9. The summed E-state index contributed by atoms with van der Waals surface area (Å²) in [6.45, 7) is 9.36. The van der Waals surface area contributed by atoms with Gasteiger partial charge in [-0.1, -0.05) is 260 Å². The minimum Gasteiger partial charge on any atom is -0.462 e. The Morgan fingerprint density at radius 3 is 0.927 bits per heavy atom. The number of hydrogen-bond donors (Lipinski definition) is 3. The van der Waals surface area contributed by atoms with E-state index in [0.717, 1.165) is 108 Å². The van der Waals surface area contributed by atoms with Gasteiger partial charge in [-0.2, -0.15) is 0 Å². The first-order chi connectivity index (χ1) is 39.4. The number of carbonyl (C=O) groups excluding carboxylic acids is 4. The zero-order valence-electron chi connectivity index (χ0n) is 52.8. The Morgan fingerprint density at radius 1 is 0.354 bits per heavy atom. The number of rotatable bonds is 62. The van der Waals surface area contributed by atoms with Crippen LogP contribution >= 0.6 is 15.6 Å². The lowest BCUT2D eigenvalue weighted by atomic mass is 10.00. The van der Waals surface area contributed by atoms with Crippen molar-refractivity contribution in [1.29, 1.82) is 0 Å². The summed E-state index contributed by atoms with van der Waals surface area (Å²) < 4.78 is 67.8. The molecule has 0 amide bonds. The van der Waals surface area contributed by atoms with Gasteiger partial charge in [0.25, 0.3) is 0 Å². The third-order valence-corrected chi connectivity index (χ3v) is 16.7. The highest BCUT2D eigenvalue weighted by atomic mass is 31.2. The van der Waals surface area contributed by atoms with E-state index >= 15 is 0 Å². The van der Waals surface area contributed by atoms with Gasteiger partial charge in [0.05, 0.1) is 26.4 Å². The summed E-state index contributed by atoms with van der Waals surface area (Å²) in [4.78, 5) is 71.9. The van der Waals surface area contributed by atoms with Gasteiger partial charge in [0, 0.05) is 25.7 Å². The first-order valence-electron chi connectivity index (χ1n) is 33.0. The summed E-state index contributed by atoms with van der Waals surface area (Å²) in [5.74, 6) is -0.640. The summed E-state index contributed by atoms with van der Waals surface area (Å²) in [7, 11) is -9.88. The molecule has 0 aliphatic rings. The number of phosphoric acid groups is 2. The van der Waals surface area contributed by atoms with E-state index < -0.39 is 97.5 Å². The molecule has 0 aliphatic heterocycles. The van der Waals surface area contributed by atoms with Gasteiger partial charge in [0.2, 0.25) is 0 Å². The van der Waals surface area contributed by atoms with E-state index in [-0.39, 0.29) is 25.7 Å². The fraction of sp³-hybridized carbons (Fsp3) is 0.937. The van der Waals surface area contributed by atoms with Crippen molar-refractivity contribution in [2.24, 2.45) is 11.8 Å². The van der Waals surface area contributed by atoms with Gasteiger partial charge in [-0.05, 0) is 37.5 Å². The fourth-order valence-electron chi connectivity index (χ4n) is 9.32. The van der Waals surface area contributed by atoms with Gasteiger partial charge in [-0.3, -0.25) is 37.3 Å². The maximum atomic E-state index is 13.0. The Hall–Kier alpha value is -1.94. The molecule has 486 valence electrons. The first kappa shape index (κ1) is 80.1. The summed E-state index contributed by atoms with van der Waals surface area (Å²) in [6.07, 6.45) is 37.9. The molecule has 0 heterocycles. The molecule has 0 aromatic carbocycles. The summed E-state index contributed by atoms with van der Waals surface area (Å²) >= 11 is 0. The van der Waals surface area contributed by atoms with E-state index in [1.54, 1.807) is 0 Å². The zero-order valence-corrected chi connectivity index (χ0v) is 54.6. The molecule has 3 N–H and O–H groups in total. The van der Waals surface area contributed by atoms with Crippen LogP contribution in [0, 0.1) is 11.8 Å². The monoisotopic (exact) mass is 1210 g/mol. The lowest BCUT2D eigenvalue weighted by Crippen LogP contribution is -2.30.